The Labute approximate surface area is 140 Å². The monoisotopic (exact) mass is 324 g/mol. The summed E-state index contributed by atoms with van der Waals surface area (Å²) in [6.07, 6.45) is 5.45. The Morgan fingerprint density at radius 2 is 1.50 bits per heavy atom. The largest absolute Gasteiger partial charge is 0.337 e. The molecule has 0 saturated carbocycles. The molecule has 3 rings (SSSR count). The van der Waals surface area contributed by atoms with Crippen molar-refractivity contribution in [3.8, 4) is 0 Å². The van der Waals surface area contributed by atoms with Gasteiger partial charge in [0.1, 0.15) is 0 Å². The van der Waals surface area contributed by atoms with E-state index in [0.29, 0.717) is 0 Å². The lowest BCUT2D eigenvalue weighted by Crippen LogP contribution is -2.43. The predicted octanol–water partition coefficient (Wildman–Crippen LogP) is 2.77. The SMILES string of the molecule is CC1CCN(CSC2=NCCN2CN2CCC(C)CC2)CC1. The molecule has 0 bridgehead atoms. The van der Waals surface area contributed by atoms with Crippen molar-refractivity contribution in [1.29, 1.82) is 0 Å². The summed E-state index contributed by atoms with van der Waals surface area (Å²) in [4.78, 5) is 12.5. The minimum absolute atomic E-state index is 0.916. The zero-order chi connectivity index (χ0) is 15.4. The molecular weight excluding hydrogens is 292 g/mol. The maximum absolute atomic E-state index is 4.75. The number of likely N-dealkylation sites (tertiary alicyclic amines) is 2. The van der Waals surface area contributed by atoms with Crippen molar-refractivity contribution in [2.24, 2.45) is 16.8 Å². The average molecular weight is 325 g/mol. The molecule has 0 aromatic heterocycles. The molecule has 0 aliphatic carbocycles. The van der Waals surface area contributed by atoms with Crippen molar-refractivity contribution in [2.45, 2.75) is 39.5 Å². The predicted molar refractivity (Wildman–Crippen MR) is 96.3 cm³/mol. The minimum atomic E-state index is 0.916. The van der Waals surface area contributed by atoms with Crippen LogP contribution in [0.3, 0.4) is 0 Å². The molecule has 2 fully saturated rings. The number of aliphatic imine (C=N–C) groups is 1. The zero-order valence-electron chi connectivity index (χ0n) is 14.3. The van der Waals surface area contributed by atoms with Gasteiger partial charge in [0.05, 0.1) is 19.1 Å². The van der Waals surface area contributed by atoms with Crippen LogP contribution in [0.15, 0.2) is 4.99 Å². The molecular formula is C17H32N4S. The first-order valence-electron chi connectivity index (χ1n) is 9.07. The Morgan fingerprint density at radius 1 is 0.909 bits per heavy atom. The van der Waals surface area contributed by atoms with Gasteiger partial charge >= 0.3 is 0 Å². The van der Waals surface area contributed by atoms with Crippen LogP contribution in [0.25, 0.3) is 0 Å². The van der Waals surface area contributed by atoms with Crippen LogP contribution in [0, 0.1) is 11.8 Å². The van der Waals surface area contributed by atoms with Crippen LogP contribution < -0.4 is 0 Å². The van der Waals surface area contributed by atoms with Crippen LogP contribution in [-0.2, 0) is 0 Å². The Kier molecular flexibility index (Phi) is 6.05. The molecule has 4 nitrogen and oxygen atoms in total. The topological polar surface area (TPSA) is 22.1 Å². The zero-order valence-corrected chi connectivity index (χ0v) is 15.2. The average Bonchev–Trinajstić information content (AvgIpc) is 2.96. The van der Waals surface area contributed by atoms with Gasteiger partial charge in [0.15, 0.2) is 5.17 Å². The van der Waals surface area contributed by atoms with Gasteiger partial charge in [0.25, 0.3) is 0 Å². The van der Waals surface area contributed by atoms with Gasteiger partial charge in [-0.15, -0.1) is 0 Å². The highest BCUT2D eigenvalue weighted by atomic mass is 32.2. The van der Waals surface area contributed by atoms with E-state index >= 15 is 0 Å². The van der Waals surface area contributed by atoms with Gasteiger partial charge in [-0.05, 0) is 50.6 Å². The fraction of sp³-hybridized carbons (Fsp3) is 0.941. The molecule has 5 heteroatoms. The fourth-order valence-electron chi connectivity index (χ4n) is 3.52. The second-order valence-corrected chi connectivity index (χ2v) is 8.36. The molecule has 0 N–H and O–H groups in total. The lowest BCUT2D eigenvalue weighted by Gasteiger charge is -2.35. The van der Waals surface area contributed by atoms with Crippen molar-refractivity contribution in [3.05, 3.63) is 0 Å². The maximum atomic E-state index is 4.75. The highest BCUT2D eigenvalue weighted by Gasteiger charge is 2.24. The molecule has 0 amide bonds. The number of piperidine rings is 2. The van der Waals surface area contributed by atoms with Crippen molar-refractivity contribution in [1.82, 2.24) is 14.7 Å². The Balaban J connectivity index is 1.41. The third-order valence-corrected chi connectivity index (χ3v) is 6.53. The maximum Gasteiger partial charge on any atom is 0.161 e. The van der Waals surface area contributed by atoms with E-state index in [9.17, 15) is 0 Å². The van der Waals surface area contributed by atoms with Crippen LogP contribution in [0.1, 0.15) is 39.5 Å². The van der Waals surface area contributed by atoms with Gasteiger partial charge in [0, 0.05) is 19.6 Å². The van der Waals surface area contributed by atoms with E-state index in [4.69, 9.17) is 4.99 Å². The van der Waals surface area contributed by atoms with Crippen molar-refractivity contribution >= 4 is 16.9 Å². The Morgan fingerprint density at radius 3 is 2.14 bits per heavy atom. The molecule has 0 unspecified atom stereocenters. The van der Waals surface area contributed by atoms with Crippen LogP contribution >= 0.6 is 11.8 Å². The van der Waals surface area contributed by atoms with Gasteiger partial charge in [-0.3, -0.25) is 14.8 Å². The molecule has 0 atom stereocenters. The summed E-state index contributed by atoms with van der Waals surface area (Å²) < 4.78 is 0. The summed E-state index contributed by atoms with van der Waals surface area (Å²) in [7, 11) is 0. The quantitative estimate of drug-likeness (QED) is 0.793. The Bertz CT molecular complexity index is 371. The van der Waals surface area contributed by atoms with E-state index in [1.807, 2.05) is 11.8 Å². The van der Waals surface area contributed by atoms with E-state index in [-0.39, 0.29) is 0 Å². The highest BCUT2D eigenvalue weighted by Crippen LogP contribution is 2.22. The molecule has 126 valence electrons. The normalized spacial score (nSPS) is 26.6. The van der Waals surface area contributed by atoms with Gasteiger partial charge < -0.3 is 4.90 Å². The number of hydrogen-bond acceptors (Lipinski definition) is 5. The van der Waals surface area contributed by atoms with Crippen molar-refractivity contribution in [2.75, 3.05) is 51.8 Å². The lowest BCUT2D eigenvalue weighted by molar-refractivity contribution is 0.143. The standard InChI is InChI=1S/C17H32N4S/c1-15-3-8-19(9-4-15)13-21-12-7-18-17(21)22-14-20-10-5-16(2)6-11-20/h15-16H,3-14H2,1-2H3. The first kappa shape index (κ1) is 16.6. The highest BCUT2D eigenvalue weighted by molar-refractivity contribution is 8.13. The van der Waals surface area contributed by atoms with E-state index in [0.717, 1.165) is 37.5 Å². The number of rotatable bonds is 4. The van der Waals surface area contributed by atoms with Gasteiger partial charge in [-0.1, -0.05) is 25.6 Å². The van der Waals surface area contributed by atoms with Crippen LogP contribution in [0.2, 0.25) is 0 Å². The van der Waals surface area contributed by atoms with Gasteiger partial charge in [0.2, 0.25) is 0 Å². The van der Waals surface area contributed by atoms with Gasteiger partial charge in [-0.25, -0.2) is 0 Å². The smallest absolute Gasteiger partial charge is 0.161 e. The third kappa shape index (κ3) is 4.62. The summed E-state index contributed by atoms with van der Waals surface area (Å²) in [6.45, 7) is 13.0. The van der Waals surface area contributed by atoms with E-state index in [1.165, 1.54) is 57.0 Å². The summed E-state index contributed by atoms with van der Waals surface area (Å²) in [5, 5.41) is 1.29. The molecule has 3 heterocycles. The summed E-state index contributed by atoms with van der Waals surface area (Å²) in [5.74, 6) is 2.96. The number of amidine groups is 1. The minimum Gasteiger partial charge on any atom is -0.337 e. The number of nitrogens with zero attached hydrogens (tertiary/aromatic N) is 4. The summed E-state index contributed by atoms with van der Waals surface area (Å²) >= 11 is 1.96. The van der Waals surface area contributed by atoms with Crippen LogP contribution in [0.5, 0.6) is 0 Å². The molecule has 22 heavy (non-hydrogen) atoms. The fourth-order valence-corrected chi connectivity index (χ4v) is 4.59. The summed E-state index contributed by atoms with van der Waals surface area (Å²) in [6, 6.07) is 0. The Hall–Kier alpha value is -0.260. The summed E-state index contributed by atoms with van der Waals surface area (Å²) in [5.41, 5.74) is 0. The molecule has 3 aliphatic rings. The third-order valence-electron chi connectivity index (χ3n) is 5.39. The van der Waals surface area contributed by atoms with Crippen molar-refractivity contribution in [3.63, 3.8) is 0 Å². The molecule has 2 saturated heterocycles. The first-order valence-corrected chi connectivity index (χ1v) is 10.1. The van der Waals surface area contributed by atoms with E-state index in [2.05, 4.69) is 28.5 Å². The second kappa shape index (κ2) is 8.02. The molecule has 3 aliphatic heterocycles. The van der Waals surface area contributed by atoms with Crippen LogP contribution in [-0.4, -0.2) is 71.7 Å². The molecule has 0 aromatic carbocycles. The van der Waals surface area contributed by atoms with E-state index < -0.39 is 0 Å². The van der Waals surface area contributed by atoms with Gasteiger partial charge in [-0.2, -0.15) is 0 Å². The molecule has 0 spiro atoms. The lowest BCUT2D eigenvalue weighted by atomic mass is 10.00. The second-order valence-electron chi connectivity index (χ2n) is 7.44. The molecule has 0 radical (unpaired) electrons. The number of thioether (sulfide) groups is 1. The molecule has 0 aromatic rings. The van der Waals surface area contributed by atoms with Crippen molar-refractivity contribution < 1.29 is 0 Å². The van der Waals surface area contributed by atoms with Crippen LogP contribution in [0.4, 0.5) is 0 Å². The first-order chi connectivity index (χ1) is 10.7. The van der Waals surface area contributed by atoms with E-state index in [1.54, 1.807) is 0 Å². The number of hydrogen-bond donors (Lipinski definition) is 0.